The molecule has 2 aliphatic heterocycles. The van der Waals surface area contributed by atoms with Crippen LogP contribution >= 0.6 is 11.8 Å². The minimum atomic E-state index is 0.615. The highest BCUT2D eigenvalue weighted by Crippen LogP contribution is 2.25. The van der Waals surface area contributed by atoms with E-state index in [0.29, 0.717) is 5.25 Å². The first-order chi connectivity index (χ1) is 10.3. The number of fused-ring (bicyclic) bond motifs is 1. The zero-order valence-corrected chi connectivity index (χ0v) is 12.7. The molecule has 0 radical (unpaired) electrons. The van der Waals surface area contributed by atoms with Gasteiger partial charge in [0.05, 0.1) is 12.9 Å². The van der Waals surface area contributed by atoms with Crippen molar-refractivity contribution >= 4 is 33.9 Å². The van der Waals surface area contributed by atoms with Gasteiger partial charge >= 0.3 is 0 Å². The minimum absolute atomic E-state index is 0.615. The van der Waals surface area contributed by atoms with Crippen molar-refractivity contribution in [1.82, 2.24) is 24.8 Å². The van der Waals surface area contributed by atoms with Gasteiger partial charge in [-0.05, 0) is 0 Å². The highest BCUT2D eigenvalue weighted by atomic mass is 32.2. The van der Waals surface area contributed by atoms with Crippen molar-refractivity contribution in [2.45, 2.75) is 12.2 Å². The van der Waals surface area contributed by atoms with E-state index in [1.54, 1.807) is 12.7 Å². The number of hydrogen-bond donors (Lipinski definition) is 1. The Morgan fingerprint density at radius 3 is 2.71 bits per heavy atom. The van der Waals surface area contributed by atoms with E-state index in [4.69, 9.17) is 0 Å². The number of aromatic nitrogens is 4. The van der Waals surface area contributed by atoms with Crippen molar-refractivity contribution in [2.75, 3.05) is 37.6 Å². The van der Waals surface area contributed by atoms with Crippen LogP contribution in [-0.4, -0.2) is 68.0 Å². The molecular formula is C13H17N7S. The fourth-order valence-electron chi connectivity index (χ4n) is 2.74. The predicted molar refractivity (Wildman–Crippen MR) is 84.8 cm³/mol. The first-order valence-electron chi connectivity index (χ1n) is 7.16. The third-order valence-corrected chi connectivity index (χ3v) is 4.99. The normalized spacial score (nSPS) is 22.9. The lowest BCUT2D eigenvalue weighted by Crippen LogP contribution is -2.48. The lowest BCUT2D eigenvalue weighted by Gasteiger charge is -2.36. The average molecular weight is 303 g/mol. The standard InChI is InChI=1S/C13H17N7S/c1-9-6-14-13(21-9)20-4-2-19(3-5-20)12-10-11(16-7-15-10)17-8-18-12/h7-9H,2-6H2,1H3,(H,15,16,17,18). The molecule has 2 aromatic heterocycles. The molecule has 7 nitrogen and oxygen atoms in total. The van der Waals surface area contributed by atoms with E-state index in [0.717, 1.165) is 49.7 Å². The zero-order valence-electron chi connectivity index (χ0n) is 11.9. The molecule has 1 fully saturated rings. The van der Waals surface area contributed by atoms with Crippen LogP contribution in [-0.2, 0) is 0 Å². The maximum Gasteiger partial charge on any atom is 0.182 e. The number of imidazole rings is 1. The van der Waals surface area contributed by atoms with Crippen molar-refractivity contribution in [3.63, 3.8) is 0 Å². The topological polar surface area (TPSA) is 73.3 Å². The van der Waals surface area contributed by atoms with Crippen molar-refractivity contribution < 1.29 is 0 Å². The van der Waals surface area contributed by atoms with E-state index < -0.39 is 0 Å². The Hall–Kier alpha value is -1.83. The third kappa shape index (κ3) is 2.33. The van der Waals surface area contributed by atoms with E-state index >= 15 is 0 Å². The Labute approximate surface area is 126 Å². The quantitative estimate of drug-likeness (QED) is 0.846. The summed E-state index contributed by atoms with van der Waals surface area (Å²) in [5.74, 6) is 0.950. The molecule has 0 spiro atoms. The number of hydrogen-bond acceptors (Lipinski definition) is 7. The van der Waals surface area contributed by atoms with Crippen LogP contribution in [0.25, 0.3) is 11.2 Å². The molecule has 2 aliphatic rings. The summed E-state index contributed by atoms with van der Waals surface area (Å²) in [6.45, 7) is 7.03. The Kier molecular flexibility index (Phi) is 3.17. The number of amidine groups is 1. The number of nitrogens with zero attached hydrogens (tertiary/aromatic N) is 6. The van der Waals surface area contributed by atoms with Crippen molar-refractivity contribution in [2.24, 2.45) is 4.99 Å². The summed E-state index contributed by atoms with van der Waals surface area (Å²) in [7, 11) is 0. The fourth-order valence-corrected chi connectivity index (χ4v) is 3.73. The molecule has 2 aromatic rings. The lowest BCUT2D eigenvalue weighted by atomic mass is 10.3. The molecule has 1 atom stereocenters. The van der Waals surface area contributed by atoms with Crippen LogP contribution in [0, 0.1) is 0 Å². The van der Waals surface area contributed by atoms with Crippen molar-refractivity contribution in [1.29, 1.82) is 0 Å². The second kappa shape index (κ2) is 5.18. The maximum atomic E-state index is 4.63. The number of rotatable bonds is 1. The van der Waals surface area contributed by atoms with Crippen LogP contribution < -0.4 is 4.90 Å². The Balaban J connectivity index is 1.49. The van der Waals surface area contributed by atoms with Gasteiger partial charge in [-0.25, -0.2) is 15.0 Å². The van der Waals surface area contributed by atoms with Gasteiger partial charge in [-0.15, -0.1) is 0 Å². The number of H-pyrrole nitrogens is 1. The SMILES string of the molecule is CC1CN=C(N2CCN(c3ncnc4nc[nH]c34)CC2)S1. The van der Waals surface area contributed by atoms with Gasteiger partial charge in [0.2, 0.25) is 0 Å². The van der Waals surface area contributed by atoms with E-state index in [1.165, 1.54) is 5.17 Å². The summed E-state index contributed by atoms with van der Waals surface area (Å²) < 4.78 is 0. The van der Waals surface area contributed by atoms with Gasteiger partial charge in [-0.2, -0.15) is 0 Å². The van der Waals surface area contributed by atoms with Gasteiger partial charge in [0.15, 0.2) is 16.6 Å². The van der Waals surface area contributed by atoms with Gasteiger partial charge in [0, 0.05) is 31.4 Å². The van der Waals surface area contributed by atoms with E-state index in [-0.39, 0.29) is 0 Å². The number of aliphatic imine (C=N–C) groups is 1. The largest absolute Gasteiger partial charge is 0.351 e. The average Bonchev–Trinajstić information content (AvgIpc) is 3.15. The molecule has 21 heavy (non-hydrogen) atoms. The summed E-state index contributed by atoms with van der Waals surface area (Å²) >= 11 is 1.89. The van der Waals surface area contributed by atoms with Crippen LogP contribution in [0.5, 0.6) is 0 Å². The summed E-state index contributed by atoms with van der Waals surface area (Å²) in [5, 5.41) is 1.82. The van der Waals surface area contributed by atoms with Gasteiger partial charge in [0.25, 0.3) is 0 Å². The van der Waals surface area contributed by atoms with Gasteiger partial charge in [-0.3, -0.25) is 4.99 Å². The Bertz CT molecular complexity index is 674. The second-order valence-electron chi connectivity index (χ2n) is 5.32. The van der Waals surface area contributed by atoms with E-state index in [1.807, 2.05) is 11.8 Å². The maximum absolute atomic E-state index is 4.63. The second-order valence-corrected chi connectivity index (χ2v) is 6.73. The number of piperazine rings is 1. The van der Waals surface area contributed by atoms with Crippen molar-refractivity contribution in [3.8, 4) is 0 Å². The molecule has 0 aromatic carbocycles. The van der Waals surface area contributed by atoms with Crippen LogP contribution in [0.1, 0.15) is 6.92 Å². The first-order valence-corrected chi connectivity index (χ1v) is 8.04. The fraction of sp³-hybridized carbons (Fsp3) is 0.538. The Morgan fingerprint density at radius 1 is 1.14 bits per heavy atom. The molecule has 1 saturated heterocycles. The summed E-state index contributed by atoms with van der Waals surface area (Å²) in [6, 6.07) is 0. The predicted octanol–water partition coefficient (Wildman–Crippen LogP) is 0.966. The summed E-state index contributed by atoms with van der Waals surface area (Å²) in [4.78, 5) is 25.2. The number of thioether (sulfide) groups is 1. The molecule has 0 bridgehead atoms. The molecule has 1 N–H and O–H groups in total. The number of aromatic amines is 1. The molecule has 1 unspecified atom stereocenters. The van der Waals surface area contributed by atoms with Crippen LogP contribution in [0.15, 0.2) is 17.6 Å². The highest BCUT2D eigenvalue weighted by Gasteiger charge is 2.26. The smallest absolute Gasteiger partial charge is 0.182 e. The third-order valence-electron chi connectivity index (χ3n) is 3.84. The van der Waals surface area contributed by atoms with Gasteiger partial charge < -0.3 is 14.8 Å². The molecule has 0 amide bonds. The number of nitrogens with one attached hydrogen (secondary N) is 1. The Morgan fingerprint density at radius 2 is 1.95 bits per heavy atom. The van der Waals surface area contributed by atoms with E-state index in [2.05, 4.69) is 41.7 Å². The zero-order chi connectivity index (χ0) is 14.2. The molecule has 8 heteroatoms. The van der Waals surface area contributed by atoms with Crippen LogP contribution in [0.2, 0.25) is 0 Å². The molecule has 4 heterocycles. The monoisotopic (exact) mass is 303 g/mol. The minimum Gasteiger partial charge on any atom is -0.351 e. The molecular weight excluding hydrogens is 286 g/mol. The van der Waals surface area contributed by atoms with Gasteiger partial charge in [0.1, 0.15) is 11.8 Å². The van der Waals surface area contributed by atoms with Crippen molar-refractivity contribution in [3.05, 3.63) is 12.7 Å². The van der Waals surface area contributed by atoms with Gasteiger partial charge in [-0.1, -0.05) is 18.7 Å². The van der Waals surface area contributed by atoms with Crippen LogP contribution in [0.4, 0.5) is 5.82 Å². The molecule has 110 valence electrons. The lowest BCUT2D eigenvalue weighted by molar-refractivity contribution is 0.391. The summed E-state index contributed by atoms with van der Waals surface area (Å²) in [6.07, 6.45) is 3.26. The van der Waals surface area contributed by atoms with E-state index in [9.17, 15) is 0 Å². The molecule has 0 aliphatic carbocycles. The molecule has 0 saturated carbocycles. The number of anilines is 1. The molecule has 4 rings (SSSR count). The first kappa shape index (κ1) is 12.9. The van der Waals surface area contributed by atoms with Crippen LogP contribution in [0.3, 0.4) is 0 Å². The highest BCUT2D eigenvalue weighted by molar-refractivity contribution is 8.14. The summed E-state index contributed by atoms with van der Waals surface area (Å²) in [5.41, 5.74) is 1.65.